The van der Waals surface area contributed by atoms with Crippen LogP contribution < -0.4 is 0 Å². The van der Waals surface area contributed by atoms with Crippen LogP contribution in [0.5, 0.6) is 0 Å². The molecule has 1 heterocycles. The van der Waals surface area contributed by atoms with E-state index < -0.39 is 4.92 Å². The summed E-state index contributed by atoms with van der Waals surface area (Å²) in [4.78, 5) is 10.4. The van der Waals surface area contributed by atoms with Crippen LogP contribution in [0.15, 0.2) is 28.9 Å². The predicted molar refractivity (Wildman–Crippen MR) is 74.6 cm³/mol. The van der Waals surface area contributed by atoms with Crippen LogP contribution in [-0.2, 0) is 0 Å². The zero-order valence-corrected chi connectivity index (χ0v) is 12.3. The number of nitro groups is 1. The lowest BCUT2D eigenvalue weighted by atomic mass is 10.2. The summed E-state index contributed by atoms with van der Waals surface area (Å²) < 4.78 is 1.89. The van der Waals surface area contributed by atoms with Gasteiger partial charge in [-0.2, -0.15) is 0 Å². The number of rotatable bonds is 4. The molecular formula is C11H10BrClN4O2. The van der Waals surface area contributed by atoms with Gasteiger partial charge in [0.25, 0.3) is 5.69 Å². The molecule has 6 nitrogen and oxygen atoms in total. The van der Waals surface area contributed by atoms with Crippen LogP contribution in [0.25, 0.3) is 5.69 Å². The Morgan fingerprint density at radius 3 is 2.95 bits per heavy atom. The molecule has 0 amide bonds. The van der Waals surface area contributed by atoms with Gasteiger partial charge in [-0.05, 0) is 34.5 Å². The SMILES string of the molecule is CCC(Cl)c1cn(-c2ccc(Br)c([N+](=O)[O-])c2)nn1. The zero-order valence-electron chi connectivity index (χ0n) is 9.96. The van der Waals surface area contributed by atoms with Crippen molar-refractivity contribution in [2.45, 2.75) is 18.7 Å². The number of nitro benzene ring substituents is 1. The molecule has 0 aliphatic heterocycles. The molecule has 19 heavy (non-hydrogen) atoms. The second-order valence-electron chi connectivity index (χ2n) is 3.86. The molecule has 0 saturated heterocycles. The van der Waals surface area contributed by atoms with Gasteiger partial charge in [-0.1, -0.05) is 12.1 Å². The lowest BCUT2D eigenvalue weighted by Gasteiger charge is -2.02. The first-order valence-corrected chi connectivity index (χ1v) is 6.76. The minimum atomic E-state index is -0.457. The Hall–Kier alpha value is -1.47. The van der Waals surface area contributed by atoms with Crippen molar-refractivity contribution in [1.82, 2.24) is 15.0 Å². The third kappa shape index (κ3) is 2.93. The van der Waals surface area contributed by atoms with E-state index in [4.69, 9.17) is 11.6 Å². The Labute approximate surface area is 122 Å². The maximum atomic E-state index is 10.9. The quantitative estimate of drug-likeness (QED) is 0.482. The number of hydrogen-bond donors (Lipinski definition) is 0. The molecule has 100 valence electrons. The van der Waals surface area contributed by atoms with Crippen LogP contribution >= 0.6 is 27.5 Å². The average Bonchev–Trinajstić information content (AvgIpc) is 2.87. The van der Waals surface area contributed by atoms with Gasteiger partial charge in [-0.3, -0.25) is 10.1 Å². The lowest BCUT2D eigenvalue weighted by molar-refractivity contribution is -0.385. The first kappa shape index (κ1) is 14.0. The predicted octanol–water partition coefficient (Wildman–Crippen LogP) is 3.63. The molecule has 1 aromatic carbocycles. The highest BCUT2D eigenvalue weighted by Crippen LogP contribution is 2.28. The molecule has 0 spiro atoms. The van der Waals surface area contributed by atoms with Crippen LogP contribution in [-0.4, -0.2) is 19.9 Å². The van der Waals surface area contributed by atoms with Crippen LogP contribution in [0.1, 0.15) is 24.4 Å². The minimum Gasteiger partial charge on any atom is -0.258 e. The van der Waals surface area contributed by atoms with E-state index in [2.05, 4.69) is 26.2 Å². The van der Waals surface area contributed by atoms with Crippen molar-refractivity contribution in [2.75, 3.05) is 0 Å². The summed E-state index contributed by atoms with van der Waals surface area (Å²) in [5.41, 5.74) is 1.19. The third-order valence-corrected chi connectivity index (χ3v) is 3.78. The summed E-state index contributed by atoms with van der Waals surface area (Å²) in [6, 6.07) is 4.75. The van der Waals surface area contributed by atoms with Gasteiger partial charge in [0.2, 0.25) is 0 Å². The monoisotopic (exact) mass is 344 g/mol. The Bertz CT molecular complexity index is 616. The molecule has 0 radical (unpaired) electrons. The number of halogens is 2. The molecule has 1 unspecified atom stereocenters. The van der Waals surface area contributed by atoms with E-state index in [1.54, 1.807) is 18.3 Å². The van der Waals surface area contributed by atoms with Crippen LogP contribution in [0.2, 0.25) is 0 Å². The number of benzene rings is 1. The van der Waals surface area contributed by atoms with Crippen molar-refractivity contribution >= 4 is 33.2 Å². The van der Waals surface area contributed by atoms with Gasteiger partial charge in [0.1, 0.15) is 5.69 Å². The lowest BCUT2D eigenvalue weighted by Crippen LogP contribution is -1.97. The standard InChI is InChI=1S/C11H10BrClN4O2/c1-2-9(13)10-6-16(15-14-10)7-3-4-8(12)11(5-7)17(18)19/h3-6,9H,2H2,1H3. The molecule has 0 N–H and O–H groups in total. The van der Waals surface area contributed by atoms with E-state index in [1.165, 1.54) is 10.7 Å². The molecule has 0 bridgehead atoms. The molecular weight excluding hydrogens is 336 g/mol. The van der Waals surface area contributed by atoms with Gasteiger partial charge in [-0.15, -0.1) is 16.7 Å². The van der Waals surface area contributed by atoms with Crippen LogP contribution in [0.4, 0.5) is 5.69 Å². The topological polar surface area (TPSA) is 73.8 Å². The smallest absolute Gasteiger partial charge is 0.258 e. The van der Waals surface area contributed by atoms with Crippen molar-refractivity contribution < 1.29 is 4.92 Å². The molecule has 1 aromatic heterocycles. The third-order valence-electron chi connectivity index (χ3n) is 2.58. The number of aromatic nitrogens is 3. The number of hydrogen-bond acceptors (Lipinski definition) is 4. The fourth-order valence-electron chi connectivity index (χ4n) is 1.54. The van der Waals surface area contributed by atoms with E-state index in [0.717, 1.165) is 6.42 Å². The Kier molecular flexibility index (Phi) is 4.16. The average molecular weight is 346 g/mol. The largest absolute Gasteiger partial charge is 0.285 e. The summed E-state index contributed by atoms with van der Waals surface area (Å²) in [5.74, 6) is 0. The van der Waals surface area contributed by atoms with Crippen molar-refractivity contribution in [1.29, 1.82) is 0 Å². The summed E-state index contributed by atoms with van der Waals surface area (Å²) in [5, 5.41) is 18.6. The molecule has 0 saturated carbocycles. The van der Waals surface area contributed by atoms with E-state index in [0.29, 0.717) is 15.9 Å². The molecule has 0 aliphatic rings. The second kappa shape index (κ2) is 5.66. The van der Waals surface area contributed by atoms with Crippen LogP contribution in [0.3, 0.4) is 0 Å². The Morgan fingerprint density at radius 1 is 1.58 bits per heavy atom. The van der Waals surface area contributed by atoms with Gasteiger partial charge >= 0.3 is 0 Å². The van der Waals surface area contributed by atoms with Crippen LogP contribution in [0, 0.1) is 10.1 Å². The fourth-order valence-corrected chi connectivity index (χ4v) is 2.03. The van der Waals surface area contributed by atoms with E-state index in [1.807, 2.05) is 6.92 Å². The van der Waals surface area contributed by atoms with Gasteiger partial charge in [0.05, 0.1) is 26.7 Å². The first-order valence-electron chi connectivity index (χ1n) is 5.53. The highest BCUT2D eigenvalue weighted by molar-refractivity contribution is 9.10. The first-order chi connectivity index (χ1) is 9.02. The Morgan fingerprint density at radius 2 is 2.32 bits per heavy atom. The maximum absolute atomic E-state index is 10.9. The normalized spacial score (nSPS) is 12.4. The molecule has 2 rings (SSSR count). The maximum Gasteiger partial charge on any atom is 0.285 e. The molecule has 0 fully saturated rings. The molecule has 2 aromatic rings. The molecule has 1 atom stereocenters. The van der Waals surface area contributed by atoms with Gasteiger partial charge < -0.3 is 0 Å². The van der Waals surface area contributed by atoms with Gasteiger partial charge in [0, 0.05) is 6.07 Å². The summed E-state index contributed by atoms with van der Waals surface area (Å²) in [6.45, 7) is 1.95. The van der Waals surface area contributed by atoms with Gasteiger partial charge in [0.15, 0.2) is 0 Å². The Balaban J connectivity index is 2.39. The van der Waals surface area contributed by atoms with Gasteiger partial charge in [-0.25, -0.2) is 4.68 Å². The minimum absolute atomic E-state index is 0.0209. The van der Waals surface area contributed by atoms with E-state index >= 15 is 0 Å². The van der Waals surface area contributed by atoms with Crippen molar-refractivity contribution in [2.24, 2.45) is 0 Å². The second-order valence-corrected chi connectivity index (χ2v) is 5.24. The van der Waals surface area contributed by atoms with Crippen molar-refractivity contribution in [3.05, 3.63) is 44.7 Å². The summed E-state index contributed by atoms with van der Waals surface area (Å²) in [7, 11) is 0. The van der Waals surface area contributed by atoms with Crippen molar-refractivity contribution in [3.8, 4) is 5.69 Å². The van der Waals surface area contributed by atoms with E-state index in [9.17, 15) is 10.1 Å². The highest BCUT2D eigenvalue weighted by Gasteiger charge is 2.15. The number of alkyl halides is 1. The zero-order chi connectivity index (χ0) is 14.0. The van der Waals surface area contributed by atoms with Crippen molar-refractivity contribution in [3.63, 3.8) is 0 Å². The summed E-state index contributed by atoms with van der Waals surface area (Å²) in [6.07, 6.45) is 2.41. The molecule has 8 heteroatoms. The van der Waals surface area contributed by atoms with E-state index in [-0.39, 0.29) is 11.1 Å². The fraction of sp³-hybridized carbons (Fsp3) is 0.273. The number of nitrogens with zero attached hydrogens (tertiary/aromatic N) is 4. The summed E-state index contributed by atoms with van der Waals surface area (Å²) >= 11 is 9.20. The highest BCUT2D eigenvalue weighted by atomic mass is 79.9. The molecule has 0 aliphatic carbocycles.